The van der Waals surface area contributed by atoms with E-state index in [1.165, 1.54) is 0 Å². The van der Waals surface area contributed by atoms with Gasteiger partial charge in [-0.05, 0) is 67.4 Å². The number of hydrogen-bond donors (Lipinski definition) is 1. The summed E-state index contributed by atoms with van der Waals surface area (Å²) < 4.78 is 33.0. The minimum atomic E-state index is -3.59. The van der Waals surface area contributed by atoms with Gasteiger partial charge in [-0.15, -0.1) is 0 Å². The minimum Gasteiger partial charge on any atom is -0.497 e. The van der Waals surface area contributed by atoms with Crippen LogP contribution in [0.4, 0.5) is 0 Å². The molecule has 0 amide bonds. The molecule has 3 aromatic rings. The molecule has 1 heterocycles. The third-order valence-electron chi connectivity index (χ3n) is 4.33. The van der Waals surface area contributed by atoms with E-state index in [9.17, 15) is 8.42 Å². The SMILES string of the molecule is COc1ccc(-c2nc(C)cc(C)c2CNS(=O)(=O)c2ccccc2)cc1. The molecule has 140 valence electrons. The van der Waals surface area contributed by atoms with Crippen molar-refractivity contribution < 1.29 is 13.2 Å². The van der Waals surface area contributed by atoms with Crippen LogP contribution in [-0.4, -0.2) is 20.5 Å². The zero-order chi connectivity index (χ0) is 19.4. The van der Waals surface area contributed by atoms with E-state index >= 15 is 0 Å². The highest BCUT2D eigenvalue weighted by Crippen LogP contribution is 2.27. The quantitative estimate of drug-likeness (QED) is 0.703. The molecule has 2 aromatic carbocycles. The lowest BCUT2D eigenvalue weighted by Crippen LogP contribution is -2.24. The van der Waals surface area contributed by atoms with Gasteiger partial charge in [0.2, 0.25) is 10.0 Å². The smallest absolute Gasteiger partial charge is 0.240 e. The number of nitrogens with zero attached hydrogens (tertiary/aromatic N) is 1. The van der Waals surface area contributed by atoms with Crippen molar-refractivity contribution in [3.8, 4) is 17.0 Å². The maximum atomic E-state index is 12.6. The van der Waals surface area contributed by atoms with Crippen LogP contribution in [0, 0.1) is 13.8 Å². The molecule has 0 spiro atoms. The molecule has 3 rings (SSSR count). The normalized spacial score (nSPS) is 11.4. The Balaban J connectivity index is 1.95. The molecule has 27 heavy (non-hydrogen) atoms. The molecule has 5 nitrogen and oxygen atoms in total. The minimum absolute atomic E-state index is 0.164. The van der Waals surface area contributed by atoms with Gasteiger partial charge in [0.05, 0.1) is 17.7 Å². The molecule has 0 fully saturated rings. The predicted octanol–water partition coefficient (Wildman–Crippen LogP) is 3.85. The predicted molar refractivity (Wildman–Crippen MR) is 106 cm³/mol. The molecule has 0 unspecified atom stereocenters. The molecule has 1 N–H and O–H groups in total. The van der Waals surface area contributed by atoms with Crippen LogP contribution in [0.15, 0.2) is 65.6 Å². The van der Waals surface area contributed by atoms with Crippen LogP contribution in [0.25, 0.3) is 11.3 Å². The molecule has 0 aliphatic rings. The average molecular weight is 382 g/mol. The van der Waals surface area contributed by atoms with Gasteiger partial charge in [-0.1, -0.05) is 18.2 Å². The fourth-order valence-corrected chi connectivity index (χ4v) is 3.94. The van der Waals surface area contributed by atoms with Gasteiger partial charge in [0, 0.05) is 17.8 Å². The van der Waals surface area contributed by atoms with Gasteiger partial charge in [0.15, 0.2) is 0 Å². The standard InChI is InChI=1S/C21H22N2O3S/c1-15-13-16(2)23-21(17-9-11-18(26-3)12-10-17)20(15)14-22-27(24,25)19-7-5-4-6-8-19/h4-13,22H,14H2,1-3H3. The highest BCUT2D eigenvalue weighted by Gasteiger charge is 2.17. The zero-order valence-electron chi connectivity index (χ0n) is 15.6. The van der Waals surface area contributed by atoms with E-state index in [0.29, 0.717) is 0 Å². The Labute approximate surface area is 160 Å². The molecule has 0 aliphatic heterocycles. The number of ether oxygens (including phenoxy) is 1. The number of rotatable bonds is 6. The number of hydrogen-bond acceptors (Lipinski definition) is 4. The van der Waals surface area contributed by atoms with Gasteiger partial charge in [-0.3, -0.25) is 4.98 Å². The lowest BCUT2D eigenvalue weighted by atomic mass is 10.0. The van der Waals surface area contributed by atoms with Crippen molar-refractivity contribution in [1.82, 2.24) is 9.71 Å². The van der Waals surface area contributed by atoms with Crippen LogP contribution >= 0.6 is 0 Å². The van der Waals surface area contributed by atoms with Crippen molar-refractivity contribution >= 4 is 10.0 Å². The largest absolute Gasteiger partial charge is 0.497 e. The first-order valence-corrected chi connectivity index (χ1v) is 10.1. The summed E-state index contributed by atoms with van der Waals surface area (Å²) in [5.74, 6) is 0.759. The third kappa shape index (κ3) is 4.35. The second kappa shape index (κ2) is 7.90. The van der Waals surface area contributed by atoms with Crippen molar-refractivity contribution in [2.45, 2.75) is 25.3 Å². The lowest BCUT2D eigenvalue weighted by Gasteiger charge is -2.15. The Hall–Kier alpha value is -2.70. The number of pyridine rings is 1. The zero-order valence-corrected chi connectivity index (χ0v) is 16.4. The summed E-state index contributed by atoms with van der Waals surface area (Å²) in [6.45, 7) is 4.06. The van der Waals surface area contributed by atoms with E-state index in [-0.39, 0.29) is 11.4 Å². The molecule has 0 radical (unpaired) electrons. The van der Waals surface area contributed by atoms with Gasteiger partial charge >= 0.3 is 0 Å². The van der Waals surface area contributed by atoms with Crippen molar-refractivity contribution in [2.24, 2.45) is 0 Å². The summed E-state index contributed by atoms with van der Waals surface area (Å²) in [5, 5.41) is 0. The highest BCUT2D eigenvalue weighted by atomic mass is 32.2. The second-order valence-corrected chi connectivity index (χ2v) is 8.04. The summed E-state index contributed by atoms with van der Waals surface area (Å²) in [5.41, 5.74) is 4.41. The van der Waals surface area contributed by atoms with Gasteiger partial charge < -0.3 is 4.74 Å². The molecule has 0 saturated carbocycles. The Morgan fingerprint density at radius 3 is 2.30 bits per heavy atom. The first kappa shape index (κ1) is 19.1. The molecular weight excluding hydrogens is 360 g/mol. The van der Waals surface area contributed by atoms with Crippen molar-refractivity contribution in [1.29, 1.82) is 0 Å². The molecule has 0 saturated heterocycles. The summed E-state index contributed by atoms with van der Waals surface area (Å²) in [6.07, 6.45) is 0. The number of aryl methyl sites for hydroxylation is 2. The fraction of sp³-hybridized carbons (Fsp3) is 0.190. The Morgan fingerprint density at radius 1 is 1.00 bits per heavy atom. The van der Waals surface area contributed by atoms with Gasteiger partial charge in [-0.2, -0.15) is 0 Å². The summed E-state index contributed by atoms with van der Waals surface area (Å²) in [6, 6.07) is 17.9. The molecule has 0 bridgehead atoms. The van der Waals surface area contributed by atoms with E-state index in [1.807, 2.05) is 44.2 Å². The Morgan fingerprint density at radius 2 is 1.67 bits per heavy atom. The first-order valence-electron chi connectivity index (χ1n) is 8.57. The maximum Gasteiger partial charge on any atom is 0.240 e. The third-order valence-corrected chi connectivity index (χ3v) is 5.75. The molecule has 0 atom stereocenters. The summed E-state index contributed by atoms with van der Waals surface area (Å²) in [4.78, 5) is 4.90. The van der Waals surface area contributed by atoms with Gasteiger partial charge in [-0.25, -0.2) is 13.1 Å². The highest BCUT2D eigenvalue weighted by molar-refractivity contribution is 7.89. The van der Waals surface area contributed by atoms with Crippen LogP contribution in [0.1, 0.15) is 16.8 Å². The fourth-order valence-electron chi connectivity index (χ4n) is 2.92. The Bertz CT molecular complexity index is 1030. The van der Waals surface area contributed by atoms with Crippen LogP contribution in [0.3, 0.4) is 0 Å². The first-order chi connectivity index (χ1) is 12.9. The van der Waals surface area contributed by atoms with Crippen LogP contribution in [0.5, 0.6) is 5.75 Å². The topological polar surface area (TPSA) is 68.3 Å². The van der Waals surface area contributed by atoms with Gasteiger partial charge in [0.25, 0.3) is 0 Å². The van der Waals surface area contributed by atoms with E-state index < -0.39 is 10.0 Å². The van der Waals surface area contributed by atoms with E-state index in [2.05, 4.69) is 9.71 Å². The Kier molecular flexibility index (Phi) is 5.58. The number of methoxy groups -OCH3 is 1. The van der Waals surface area contributed by atoms with Crippen molar-refractivity contribution in [3.05, 3.63) is 77.5 Å². The van der Waals surface area contributed by atoms with Crippen LogP contribution in [-0.2, 0) is 16.6 Å². The molecule has 1 aromatic heterocycles. The van der Waals surface area contributed by atoms with E-state index in [1.54, 1.807) is 37.4 Å². The number of aromatic nitrogens is 1. The van der Waals surface area contributed by atoms with Crippen LogP contribution in [0.2, 0.25) is 0 Å². The summed E-state index contributed by atoms with van der Waals surface area (Å²) >= 11 is 0. The number of sulfonamides is 1. The number of benzene rings is 2. The van der Waals surface area contributed by atoms with E-state index in [0.717, 1.165) is 33.8 Å². The molecule has 6 heteroatoms. The molecular formula is C21H22N2O3S. The second-order valence-electron chi connectivity index (χ2n) is 6.27. The van der Waals surface area contributed by atoms with Crippen molar-refractivity contribution in [3.63, 3.8) is 0 Å². The van der Waals surface area contributed by atoms with Gasteiger partial charge in [0.1, 0.15) is 5.75 Å². The number of nitrogens with one attached hydrogen (secondary N) is 1. The maximum absolute atomic E-state index is 12.6. The van der Waals surface area contributed by atoms with E-state index in [4.69, 9.17) is 4.74 Å². The monoisotopic (exact) mass is 382 g/mol. The summed E-state index contributed by atoms with van der Waals surface area (Å²) in [7, 11) is -1.97. The molecule has 0 aliphatic carbocycles. The lowest BCUT2D eigenvalue weighted by molar-refractivity contribution is 0.415. The van der Waals surface area contributed by atoms with Crippen LogP contribution < -0.4 is 9.46 Å². The average Bonchev–Trinajstić information content (AvgIpc) is 2.67. The van der Waals surface area contributed by atoms with Crippen molar-refractivity contribution in [2.75, 3.05) is 7.11 Å².